The molecule has 0 aromatic rings. The van der Waals surface area contributed by atoms with Crippen LogP contribution >= 0.6 is 0 Å². The summed E-state index contributed by atoms with van der Waals surface area (Å²) in [5.74, 6) is 5.79. The average Bonchev–Trinajstić information content (AvgIpc) is 3.32. The molecule has 4 aliphatic carbocycles. The molecule has 3 nitrogen and oxygen atoms in total. The van der Waals surface area contributed by atoms with Gasteiger partial charge in [-0.1, -0.05) is 54.4 Å². The maximum absolute atomic E-state index is 11.6. The second kappa shape index (κ2) is 8.24. The molecule has 5 aliphatic rings. The van der Waals surface area contributed by atoms with E-state index < -0.39 is 0 Å². The fourth-order valence-electron chi connectivity index (χ4n) is 10.0. The van der Waals surface area contributed by atoms with Gasteiger partial charge in [0.15, 0.2) is 0 Å². The van der Waals surface area contributed by atoms with Gasteiger partial charge in [0.25, 0.3) is 0 Å². The van der Waals surface area contributed by atoms with E-state index in [1.54, 1.807) is 6.92 Å². The molecule has 0 aromatic heterocycles. The number of hydrogen-bond acceptors (Lipinski definition) is 3. The molecule has 1 saturated heterocycles. The first kappa shape index (κ1) is 24.1. The first-order valence-corrected chi connectivity index (χ1v) is 14.4. The van der Waals surface area contributed by atoms with Gasteiger partial charge in [0.05, 0.1) is 6.10 Å². The van der Waals surface area contributed by atoms with Gasteiger partial charge in [-0.05, 0) is 91.8 Å². The van der Waals surface area contributed by atoms with Gasteiger partial charge in [-0.3, -0.25) is 4.79 Å². The molecule has 3 heteroatoms. The maximum Gasteiger partial charge on any atom is 0.302 e. The number of carbonyl (C=O) groups excluding carboxylic acids is 1. The Morgan fingerprint density at radius 2 is 1.76 bits per heavy atom. The maximum atomic E-state index is 11.6. The van der Waals surface area contributed by atoms with Gasteiger partial charge in [0, 0.05) is 18.8 Å². The Balaban J connectivity index is 1.30. The van der Waals surface area contributed by atoms with E-state index in [1.165, 1.54) is 51.4 Å². The Bertz CT molecular complexity index is 762. The summed E-state index contributed by atoms with van der Waals surface area (Å²) in [4.78, 5) is 11.6. The fraction of sp³-hybridized carbons (Fsp3) is 0.967. The number of ether oxygens (including phenoxy) is 2. The zero-order chi connectivity index (χ0) is 23.8. The molecule has 5 rings (SSSR count). The zero-order valence-corrected chi connectivity index (χ0v) is 22.5. The third-order valence-corrected chi connectivity index (χ3v) is 12.3. The zero-order valence-electron chi connectivity index (χ0n) is 22.5. The Morgan fingerprint density at radius 3 is 2.45 bits per heavy atom. The van der Waals surface area contributed by atoms with E-state index in [1.807, 2.05) is 0 Å². The Morgan fingerprint density at radius 1 is 1.00 bits per heavy atom. The highest BCUT2D eigenvalue weighted by Gasteiger charge is 2.76. The van der Waals surface area contributed by atoms with Crippen molar-refractivity contribution < 1.29 is 14.3 Å². The van der Waals surface area contributed by atoms with E-state index in [9.17, 15) is 4.79 Å². The minimum absolute atomic E-state index is 0.00143. The SMILES string of the molecule is CC(=O)O[C@H]1CC[C@]2(C)[C@H]3CC[C@]4(C)[C@@H]([C@H](C)CC[C@H](C)C(C)C)CC[C@H]4[C@@H]3C[C@H]3O[C@]32C1. The highest BCUT2D eigenvalue weighted by molar-refractivity contribution is 5.66. The summed E-state index contributed by atoms with van der Waals surface area (Å²) >= 11 is 0. The van der Waals surface area contributed by atoms with Crippen molar-refractivity contribution in [2.45, 2.75) is 130 Å². The van der Waals surface area contributed by atoms with Crippen molar-refractivity contribution in [2.24, 2.45) is 52.3 Å². The molecule has 0 bridgehead atoms. The molecule has 0 amide bonds. The minimum atomic E-state index is -0.131. The average molecular weight is 459 g/mol. The molecular formula is C30H50O3. The number of esters is 1. The molecule has 1 aliphatic heterocycles. The van der Waals surface area contributed by atoms with Crippen molar-refractivity contribution in [1.29, 1.82) is 0 Å². The van der Waals surface area contributed by atoms with Gasteiger partial charge in [-0.15, -0.1) is 0 Å². The Kier molecular flexibility index (Phi) is 6.03. The number of hydrogen-bond donors (Lipinski definition) is 0. The lowest BCUT2D eigenvalue weighted by Crippen LogP contribution is -2.59. The van der Waals surface area contributed by atoms with E-state index >= 15 is 0 Å². The van der Waals surface area contributed by atoms with Crippen LogP contribution in [0.3, 0.4) is 0 Å². The Hall–Kier alpha value is -0.570. The molecule has 0 radical (unpaired) electrons. The number of epoxide rings is 1. The quantitative estimate of drug-likeness (QED) is 0.307. The van der Waals surface area contributed by atoms with Crippen LogP contribution < -0.4 is 0 Å². The smallest absolute Gasteiger partial charge is 0.302 e. The summed E-state index contributed by atoms with van der Waals surface area (Å²) in [7, 11) is 0. The number of carbonyl (C=O) groups is 1. The predicted octanol–water partition coefficient (Wildman–Crippen LogP) is 7.42. The molecule has 0 aromatic carbocycles. The first-order valence-electron chi connectivity index (χ1n) is 14.4. The molecule has 0 N–H and O–H groups in total. The summed E-state index contributed by atoms with van der Waals surface area (Å²) in [6.07, 6.45) is 13.3. The molecule has 4 saturated carbocycles. The topological polar surface area (TPSA) is 38.8 Å². The van der Waals surface area contributed by atoms with E-state index in [0.717, 1.165) is 54.3 Å². The lowest BCUT2D eigenvalue weighted by atomic mass is 9.44. The van der Waals surface area contributed by atoms with E-state index in [4.69, 9.17) is 9.47 Å². The number of fused-ring (bicyclic) bond motifs is 4. The van der Waals surface area contributed by atoms with Crippen molar-refractivity contribution in [3.63, 3.8) is 0 Å². The van der Waals surface area contributed by atoms with E-state index in [0.29, 0.717) is 11.5 Å². The second-order valence-corrected chi connectivity index (χ2v) is 14.0. The van der Waals surface area contributed by atoms with Gasteiger partial charge in [0.2, 0.25) is 0 Å². The minimum Gasteiger partial charge on any atom is -0.462 e. The van der Waals surface area contributed by atoms with Crippen molar-refractivity contribution in [2.75, 3.05) is 0 Å². The van der Waals surface area contributed by atoms with Crippen LogP contribution in [0.15, 0.2) is 0 Å². The molecule has 33 heavy (non-hydrogen) atoms. The van der Waals surface area contributed by atoms with Crippen molar-refractivity contribution in [3.05, 3.63) is 0 Å². The molecule has 1 spiro atoms. The largest absolute Gasteiger partial charge is 0.462 e. The van der Waals surface area contributed by atoms with Gasteiger partial charge in [-0.25, -0.2) is 0 Å². The molecular weight excluding hydrogens is 408 g/mol. The highest BCUT2D eigenvalue weighted by Crippen LogP contribution is 2.74. The first-order chi connectivity index (χ1) is 15.5. The van der Waals surface area contributed by atoms with Crippen LogP contribution in [0.2, 0.25) is 0 Å². The van der Waals surface area contributed by atoms with Crippen LogP contribution in [0.5, 0.6) is 0 Å². The summed E-state index contributed by atoms with van der Waals surface area (Å²) in [6.45, 7) is 16.6. The van der Waals surface area contributed by atoms with E-state index in [-0.39, 0.29) is 23.1 Å². The summed E-state index contributed by atoms with van der Waals surface area (Å²) in [5.41, 5.74) is 0.801. The Labute approximate surface area is 203 Å². The van der Waals surface area contributed by atoms with Crippen molar-refractivity contribution in [1.82, 2.24) is 0 Å². The molecule has 5 fully saturated rings. The van der Waals surface area contributed by atoms with Gasteiger partial charge in [0.1, 0.15) is 11.7 Å². The molecule has 0 unspecified atom stereocenters. The normalized spacial score (nSPS) is 49.9. The van der Waals surface area contributed by atoms with Crippen molar-refractivity contribution in [3.8, 4) is 0 Å². The summed E-state index contributed by atoms with van der Waals surface area (Å²) < 4.78 is 12.3. The standard InChI is InChI=1S/C30H50O3/c1-18(2)19(3)8-9-20(4)24-10-11-25-23-16-27-30(33-27)17-22(32-21(5)31)12-15-29(30,7)26(23)13-14-28(24,25)6/h18-20,22-27H,8-17H2,1-7H3/t19-,20+,22-,23-,24+,25-,26-,27+,28+,29+,30+/m0/s1. The van der Waals surface area contributed by atoms with E-state index in [2.05, 4.69) is 41.5 Å². The van der Waals surface area contributed by atoms with Gasteiger partial charge < -0.3 is 9.47 Å². The predicted molar refractivity (Wildman–Crippen MR) is 133 cm³/mol. The lowest BCUT2D eigenvalue weighted by Gasteiger charge is -2.59. The van der Waals surface area contributed by atoms with Gasteiger partial charge >= 0.3 is 5.97 Å². The van der Waals surface area contributed by atoms with Crippen LogP contribution in [0.25, 0.3) is 0 Å². The number of rotatable bonds is 6. The van der Waals surface area contributed by atoms with Crippen LogP contribution in [0.1, 0.15) is 113 Å². The third-order valence-electron chi connectivity index (χ3n) is 12.3. The fourth-order valence-corrected chi connectivity index (χ4v) is 10.0. The highest BCUT2D eigenvalue weighted by atomic mass is 16.6. The lowest BCUT2D eigenvalue weighted by molar-refractivity contribution is -0.157. The van der Waals surface area contributed by atoms with Crippen LogP contribution in [0.4, 0.5) is 0 Å². The summed E-state index contributed by atoms with van der Waals surface area (Å²) in [5, 5.41) is 0. The summed E-state index contributed by atoms with van der Waals surface area (Å²) in [6, 6.07) is 0. The van der Waals surface area contributed by atoms with Crippen LogP contribution in [0, 0.1) is 52.3 Å². The molecule has 188 valence electrons. The van der Waals surface area contributed by atoms with Crippen LogP contribution in [-0.2, 0) is 14.3 Å². The molecule has 11 atom stereocenters. The monoisotopic (exact) mass is 458 g/mol. The second-order valence-electron chi connectivity index (χ2n) is 14.0. The van der Waals surface area contributed by atoms with Gasteiger partial charge in [-0.2, -0.15) is 0 Å². The third kappa shape index (κ3) is 3.64. The van der Waals surface area contributed by atoms with Crippen molar-refractivity contribution >= 4 is 5.97 Å². The molecule has 1 heterocycles. The van der Waals surface area contributed by atoms with Crippen LogP contribution in [-0.4, -0.2) is 23.8 Å².